The van der Waals surface area contributed by atoms with Gasteiger partial charge in [0, 0.05) is 23.9 Å². The number of amides is 2. The Kier molecular flexibility index (Phi) is 7.59. The van der Waals surface area contributed by atoms with E-state index >= 15 is 0 Å². The van der Waals surface area contributed by atoms with Gasteiger partial charge in [-0.15, -0.1) is 0 Å². The number of hydrogen-bond acceptors (Lipinski definition) is 5. The maximum atomic E-state index is 12.2. The standard InChI is InChI=1S/C24H24N2O5/c1-30-21-13-5-4-11-20(21)26-23(28)16-31-24(29)15-7-14-22(27)25-19-12-6-9-17-8-2-3-10-18(17)19/h2-6,8-13H,7,14-16H2,1H3,(H,25,27)(H,26,28). The quantitative estimate of drug-likeness (QED) is 0.508. The molecule has 0 atom stereocenters. The second-order valence-corrected chi connectivity index (χ2v) is 6.84. The van der Waals surface area contributed by atoms with Crippen molar-refractivity contribution in [3.05, 3.63) is 66.7 Å². The third kappa shape index (κ3) is 6.30. The summed E-state index contributed by atoms with van der Waals surface area (Å²) in [6.45, 7) is -0.404. The van der Waals surface area contributed by atoms with Crippen LogP contribution in [0.5, 0.6) is 5.75 Å². The summed E-state index contributed by atoms with van der Waals surface area (Å²) in [5.41, 5.74) is 1.23. The van der Waals surface area contributed by atoms with E-state index in [4.69, 9.17) is 9.47 Å². The van der Waals surface area contributed by atoms with Crippen molar-refractivity contribution in [2.24, 2.45) is 0 Å². The van der Waals surface area contributed by atoms with E-state index in [1.165, 1.54) is 7.11 Å². The lowest BCUT2D eigenvalue weighted by Gasteiger charge is -2.10. The van der Waals surface area contributed by atoms with Crippen molar-refractivity contribution in [1.82, 2.24) is 0 Å². The second kappa shape index (κ2) is 10.8. The molecule has 160 valence electrons. The van der Waals surface area contributed by atoms with Gasteiger partial charge in [-0.3, -0.25) is 14.4 Å². The number of rotatable bonds is 9. The van der Waals surface area contributed by atoms with Crippen LogP contribution < -0.4 is 15.4 Å². The van der Waals surface area contributed by atoms with Gasteiger partial charge >= 0.3 is 5.97 Å². The summed E-state index contributed by atoms with van der Waals surface area (Å²) in [5.74, 6) is -0.669. The number of methoxy groups -OCH3 is 1. The largest absolute Gasteiger partial charge is 0.495 e. The minimum atomic E-state index is -0.534. The second-order valence-electron chi connectivity index (χ2n) is 6.84. The van der Waals surface area contributed by atoms with Crippen LogP contribution in [-0.2, 0) is 19.1 Å². The van der Waals surface area contributed by atoms with E-state index in [0.29, 0.717) is 17.9 Å². The van der Waals surface area contributed by atoms with E-state index in [1.54, 1.807) is 24.3 Å². The molecule has 31 heavy (non-hydrogen) atoms. The molecule has 3 aromatic carbocycles. The lowest BCUT2D eigenvalue weighted by molar-refractivity contribution is -0.147. The molecule has 2 amide bonds. The third-order valence-electron chi connectivity index (χ3n) is 4.59. The number of ether oxygens (including phenoxy) is 2. The van der Waals surface area contributed by atoms with Gasteiger partial charge in [-0.1, -0.05) is 48.5 Å². The average molecular weight is 420 g/mol. The van der Waals surface area contributed by atoms with Crippen molar-refractivity contribution >= 4 is 39.9 Å². The molecular weight excluding hydrogens is 396 g/mol. The third-order valence-corrected chi connectivity index (χ3v) is 4.59. The average Bonchev–Trinajstić information content (AvgIpc) is 2.78. The van der Waals surface area contributed by atoms with Gasteiger partial charge in [0.1, 0.15) is 5.75 Å². The first-order valence-corrected chi connectivity index (χ1v) is 9.93. The van der Waals surface area contributed by atoms with Crippen molar-refractivity contribution < 1.29 is 23.9 Å². The lowest BCUT2D eigenvalue weighted by atomic mass is 10.1. The molecule has 0 radical (unpaired) electrons. The number of esters is 1. The molecule has 7 nitrogen and oxygen atoms in total. The number of hydrogen-bond donors (Lipinski definition) is 2. The molecule has 0 spiro atoms. The molecule has 3 aromatic rings. The molecule has 0 fully saturated rings. The van der Waals surface area contributed by atoms with E-state index in [-0.39, 0.29) is 18.7 Å². The fourth-order valence-corrected chi connectivity index (χ4v) is 3.09. The Balaban J connectivity index is 1.39. The first-order valence-electron chi connectivity index (χ1n) is 9.93. The molecule has 0 heterocycles. The molecule has 0 unspecified atom stereocenters. The molecule has 0 saturated heterocycles. The molecule has 3 rings (SSSR count). The van der Waals surface area contributed by atoms with Gasteiger partial charge in [-0.05, 0) is 30.0 Å². The molecular formula is C24H24N2O5. The molecule has 0 aliphatic heterocycles. The Bertz CT molecular complexity index is 1080. The minimum Gasteiger partial charge on any atom is -0.495 e. The van der Waals surface area contributed by atoms with Crippen LogP contribution in [0.1, 0.15) is 19.3 Å². The summed E-state index contributed by atoms with van der Waals surface area (Å²) in [7, 11) is 1.50. The van der Waals surface area contributed by atoms with Crippen LogP contribution in [0.15, 0.2) is 66.7 Å². The zero-order valence-corrected chi connectivity index (χ0v) is 17.2. The maximum Gasteiger partial charge on any atom is 0.306 e. The predicted molar refractivity (Wildman–Crippen MR) is 119 cm³/mol. The van der Waals surface area contributed by atoms with Gasteiger partial charge in [0.25, 0.3) is 5.91 Å². The first kappa shape index (κ1) is 21.8. The molecule has 2 N–H and O–H groups in total. The lowest BCUT2D eigenvalue weighted by Crippen LogP contribution is -2.21. The van der Waals surface area contributed by atoms with Gasteiger partial charge in [0.2, 0.25) is 5.91 Å². The fraction of sp³-hybridized carbons (Fsp3) is 0.208. The molecule has 0 aromatic heterocycles. The fourth-order valence-electron chi connectivity index (χ4n) is 3.09. The van der Waals surface area contributed by atoms with Crippen LogP contribution in [0.3, 0.4) is 0 Å². The first-order chi connectivity index (χ1) is 15.1. The van der Waals surface area contributed by atoms with Crippen molar-refractivity contribution in [2.75, 3.05) is 24.4 Å². The van der Waals surface area contributed by atoms with E-state index in [1.807, 2.05) is 42.5 Å². The molecule has 7 heteroatoms. The topological polar surface area (TPSA) is 93.7 Å². The Hall–Kier alpha value is -3.87. The van der Waals surface area contributed by atoms with Crippen molar-refractivity contribution in [3.8, 4) is 5.75 Å². The van der Waals surface area contributed by atoms with Crippen LogP contribution in [0.4, 0.5) is 11.4 Å². The van der Waals surface area contributed by atoms with Crippen LogP contribution in [0.25, 0.3) is 10.8 Å². The zero-order chi connectivity index (χ0) is 22.1. The number of carbonyl (C=O) groups is 3. The van der Waals surface area contributed by atoms with E-state index < -0.39 is 18.5 Å². The maximum absolute atomic E-state index is 12.2. The van der Waals surface area contributed by atoms with E-state index in [9.17, 15) is 14.4 Å². The van der Waals surface area contributed by atoms with Gasteiger partial charge in [0.15, 0.2) is 6.61 Å². The summed E-state index contributed by atoms with van der Waals surface area (Å²) in [6.07, 6.45) is 0.542. The Morgan fingerprint density at radius 1 is 0.774 bits per heavy atom. The summed E-state index contributed by atoms with van der Waals surface area (Å²) in [6, 6.07) is 20.4. The van der Waals surface area contributed by atoms with Crippen LogP contribution in [0.2, 0.25) is 0 Å². The minimum absolute atomic E-state index is 0.0465. The highest BCUT2D eigenvalue weighted by Gasteiger charge is 2.12. The van der Waals surface area contributed by atoms with E-state index in [0.717, 1.165) is 16.5 Å². The zero-order valence-electron chi connectivity index (χ0n) is 17.2. The summed E-state index contributed by atoms with van der Waals surface area (Å²) < 4.78 is 10.1. The summed E-state index contributed by atoms with van der Waals surface area (Å²) in [4.78, 5) is 36.1. The van der Waals surface area contributed by atoms with Gasteiger partial charge in [-0.25, -0.2) is 0 Å². The summed E-state index contributed by atoms with van der Waals surface area (Å²) >= 11 is 0. The molecule has 0 aliphatic rings. The number of carbonyl (C=O) groups excluding carboxylic acids is 3. The highest BCUT2D eigenvalue weighted by atomic mass is 16.5. The van der Waals surface area contributed by atoms with E-state index in [2.05, 4.69) is 10.6 Å². The highest BCUT2D eigenvalue weighted by Crippen LogP contribution is 2.24. The Morgan fingerprint density at radius 2 is 1.45 bits per heavy atom. The normalized spacial score (nSPS) is 10.4. The van der Waals surface area contributed by atoms with Gasteiger partial charge < -0.3 is 20.1 Å². The van der Waals surface area contributed by atoms with Crippen LogP contribution in [-0.4, -0.2) is 31.5 Å². The summed E-state index contributed by atoms with van der Waals surface area (Å²) in [5, 5.41) is 7.50. The Labute approximate surface area is 180 Å². The van der Waals surface area contributed by atoms with Gasteiger partial charge in [-0.2, -0.15) is 0 Å². The molecule has 0 saturated carbocycles. The Morgan fingerprint density at radius 3 is 2.29 bits per heavy atom. The number of nitrogens with one attached hydrogen (secondary N) is 2. The van der Waals surface area contributed by atoms with Crippen molar-refractivity contribution in [3.63, 3.8) is 0 Å². The van der Waals surface area contributed by atoms with Crippen LogP contribution in [0, 0.1) is 0 Å². The molecule has 0 bridgehead atoms. The monoisotopic (exact) mass is 420 g/mol. The SMILES string of the molecule is COc1ccccc1NC(=O)COC(=O)CCCC(=O)Nc1cccc2ccccc12. The number of anilines is 2. The predicted octanol–water partition coefficient (Wildman–Crippen LogP) is 4.14. The highest BCUT2D eigenvalue weighted by molar-refractivity contribution is 6.02. The van der Waals surface area contributed by atoms with Crippen molar-refractivity contribution in [2.45, 2.75) is 19.3 Å². The van der Waals surface area contributed by atoms with Crippen molar-refractivity contribution in [1.29, 1.82) is 0 Å². The van der Waals surface area contributed by atoms with Gasteiger partial charge in [0.05, 0.1) is 12.8 Å². The number of fused-ring (bicyclic) bond motifs is 1. The number of benzene rings is 3. The smallest absolute Gasteiger partial charge is 0.306 e. The van der Waals surface area contributed by atoms with Crippen LogP contribution >= 0.6 is 0 Å². The number of para-hydroxylation sites is 2. The molecule has 0 aliphatic carbocycles.